The van der Waals surface area contributed by atoms with Crippen molar-refractivity contribution >= 4 is 11.7 Å². The van der Waals surface area contributed by atoms with E-state index in [1.807, 2.05) is 0 Å². The second-order valence-corrected chi connectivity index (χ2v) is 3.41. The first-order valence-corrected chi connectivity index (χ1v) is 4.84. The van der Waals surface area contributed by atoms with Crippen molar-refractivity contribution in [1.82, 2.24) is 0 Å². The summed E-state index contributed by atoms with van der Waals surface area (Å²) >= 11 is 0. The highest BCUT2D eigenvalue weighted by atomic mass is 16.5. The molecule has 0 saturated carbocycles. The fraction of sp³-hybridized carbons (Fsp3) is 0.364. The standard InChI is InChI=1S/C11H16N2O3/c1-15-10-6-8(12)4-3-7(10)5-9(13)11(14)16-2/h3-4,6,9H,5,12-13H2,1-2H3/t9-/m1/s1. The molecular formula is C11H16N2O3. The number of carbonyl (C=O) groups is 1. The number of nitrogen functional groups attached to an aromatic ring is 1. The summed E-state index contributed by atoms with van der Waals surface area (Å²) in [7, 11) is 2.85. The number of hydrogen-bond donors (Lipinski definition) is 2. The van der Waals surface area contributed by atoms with Crippen LogP contribution in [0.5, 0.6) is 5.75 Å². The molecule has 1 rings (SSSR count). The van der Waals surface area contributed by atoms with E-state index in [1.54, 1.807) is 25.3 Å². The van der Waals surface area contributed by atoms with Crippen LogP contribution >= 0.6 is 0 Å². The molecule has 0 fully saturated rings. The van der Waals surface area contributed by atoms with E-state index in [1.165, 1.54) is 7.11 Å². The topological polar surface area (TPSA) is 87.6 Å². The van der Waals surface area contributed by atoms with Crippen LogP contribution in [0.15, 0.2) is 18.2 Å². The fourth-order valence-corrected chi connectivity index (χ4v) is 1.40. The number of carbonyl (C=O) groups excluding carboxylic acids is 1. The molecule has 0 aromatic heterocycles. The number of rotatable bonds is 4. The smallest absolute Gasteiger partial charge is 0.322 e. The molecule has 88 valence electrons. The number of esters is 1. The van der Waals surface area contributed by atoms with Crippen LogP contribution in [0.4, 0.5) is 5.69 Å². The van der Waals surface area contributed by atoms with Gasteiger partial charge in [-0.1, -0.05) is 6.07 Å². The minimum Gasteiger partial charge on any atom is -0.496 e. The number of ether oxygens (including phenoxy) is 2. The van der Waals surface area contributed by atoms with Crippen molar-refractivity contribution in [3.8, 4) is 5.75 Å². The lowest BCUT2D eigenvalue weighted by Crippen LogP contribution is -2.33. The summed E-state index contributed by atoms with van der Waals surface area (Å²) in [5.74, 6) is 0.179. The lowest BCUT2D eigenvalue weighted by atomic mass is 10.1. The van der Waals surface area contributed by atoms with Crippen molar-refractivity contribution in [3.05, 3.63) is 23.8 Å². The van der Waals surface area contributed by atoms with Crippen LogP contribution in [0.25, 0.3) is 0 Å². The van der Waals surface area contributed by atoms with Crippen LogP contribution in [0.2, 0.25) is 0 Å². The largest absolute Gasteiger partial charge is 0.496 e. The molecule has 0 saturated heterocycles. The second kappa shape index (κ2) is 5.37. The predicted molar refractivity (Wildman–Crippen MR) is 61.1 cm³/mol. The summed E-state index contributed by atoms with van der Waals surface area (Å²) in [6.07, 6.45) is 0.357. The van der Waals surface area contributed by atoms with Gasteiger partial charge in [-0.05, 0) is 11.6 Å². The Balaban J connectivity index is 2.84. The molecule has 1 aromatic rings. The SMILES string of the molecule is COC(=O)[C@H](N)Cc1ccc(N)cc1OC. The zero-order valence-electron chi connectivity index (χ0n) is 9.40. The maximum atomic E-state index is 11.2. The lowest BCUT2D eigenvalue weighted by molar-refractivity contribution is -0.142. The summed E-state index contributed by atoms with van der Waals surface area (Å²) in [4.78, 5) is 11.2. The summed E-state index contributed by atoms with van der Waals surface area (Å²) in [5.41, 5.74) is 12.7. The van der Waals surface area contributed by atoms with Gasteiger partial charge in [-0.3, -0.25) is 4.79 Å². The van der Waals surface area contributed by atoms with E-state index in [0.29, 0.717) is 17.9 Å². The average molecular weight is 224 g/mol. The summed E-state index contributed by atoms with van der Waals surface area (Å²) in [5, 5.41) is 0. The third kappa shape index (κ3) is 2.87. The zero-order chi connectivity index (χ0) is 12.1. The Morgan fingerprint density at radius 3 is 2.69 bits per heavy atom. The van der Waals surface area contributed by atoms with Crippen molar-refractivity contribution in [2.24, 2.45) is 5.73 Å². The van der Waals surface area contributed by atoms with E-state index in [4.69, 9.17) is 16.2 Å². The number of anilines is 1. The average Bonchev–Trinajstić information content (AvgIpc) is 2.30. The van der Waals surface area contributed by atoms with Crippen LogP contribution in [-0.4, -0.2) is 26.2 Å². The summed E-state index contributed by atoms with van der Waals surface area (Å²) in [6.45, 7) is 0. The minimum atomic E-state index is -0.692. The molecule has 16 heavy (non-hydrogen) atoms. The van der Waals surface area contributed by atoms with E-state index >= 15 is 0 Å². The molecule has 0 aliphatic heterocycles. The molecule has 0 spiro atoms. The van der Waals surface area contributed by atoms with Gasteiger partial charge in [0.2, 0.25) is 0 Å². The van der Waals surface area contributed by atoms with E-state index < -0.39 is 12.0 Å². The van der Waals surface area contributed by atoms with Gasteiger partial charge in [0.25, 0.3) is 0 Å². The first-order chi connectivity index (χ1) is 7.58. The number of methoxy groups -OCH3 is 2. The van der Waals surface area contributed by atoms with Crippen molar-refractivity contribution in [1.29, 1.82) is 0 Å². The van der Waals surface area contributed by atoms with Gasteiger partial charge < -0.3 is 20.9 Å². The highest BCUT2D eigenvalue weighted by Gasteiger charge is 2.16. The van der Waals surface area contributed by atoms with E-state index in [-0.39, 0.29) is 0 Å². The Morgan fingerprint density at radius 2 is 2.12 bits per heavy atom. The summed E-state index contributed by atoms with van der Waals surface area (Å²) < 4.78 is 9.70. The molecule has 5 nitrogen and oxygen atoms in total. The Hall–Kier alpha value is -1.75. The van der Waals surface area contributed by atoms with Gasteiger partial charge >= 0.3 is 5.97 Å². The van der Waals surface area contributed by atoms with Gasteiger partial charge in [0.1, 0.15) is 11.8 Å². The molecule has 0 aliphatic rings. The quantitative estimate of drug-likeness (QED) is 0.568. The fourth-order valence-electron chi connectivity index (χ4n) is 1.40. The Labute approximate surface area is 94.3 Å². The molecule has 0 bridgehead atoms. The molecular weight excluding hydrogens is 208 g/mol. The Morgan fingerprint density at radius 1 is 1.44 bits per heavy atom. The molecule has 4 N–H and O–H groups in total. The van der Waals surface area contributed by atoms with E-state index in [9.17, 15) is 4.79 Å². The van der Waals surface area contributed by atoms with Crippen molar-refractivity contribution in [2.45, 2.75) is 12.5 Å². The van der Waals surface area contributed by atoms with Gasteiger partial charge in [-0.2, -0.15) is 0 Å². The Bertz CT molecular complexity index is 379. The third-order valence-corrected chi connectivity index (χ3v) is 2.25. The van der Waals surface area contributed by atoms with E-state index in [0.717, 1.165) is 5.56 Å². The van der Waals surface area contributed by atoms with Crippen LogP contribution in [-0.2, 0) is 16.0 Å². The second-order valence-electron chi connectivity index (χ2n) is 3.41. The minimum absolute atomic E-state index is 0.357. The van der Waals surface area contributed by atoms with Crippen LogP contribution < -0.4 is 16.2 Å². The highest BCUT2D eigenvalue weighted by Crippen LogP contribution is 2.22. The first kappa shape index (κ1) is 12.3. The van der Waals surface area contributed by atoms with Crippen LogP contribution in [0, 0.1) is 0 Å². The van der Waals surface area contributed by atoms with Gasteiger partial charge in [0, 0.05) is 18.2 Å². The molecule has 0 heterocycles. The molecule has 1 aromatic carbocycles. The van der Waals surface area contributed by atoms with Gasteiger partial charge in [0.05, 0.1) is 14.2 Å². The molecule has 0 aliphatic carbocycles. The first-order valence-electron chi connectivity index (χ1n) is 4.84. The number of hydrogen-bond acceptors (Lipinski definition) is 5. The maximum Gasteiger partial charge on any atom is 0.322 e. The molecule has 5 heteroatoms. The van der Waals surface area contributed by atoms with Gasteiger partial charge in [-0.25, -0.2) is 0 Å². The van der Waals surface area contributed by atoms with Crippen LogP contribution in [0.3, 0.4) is 0 Å². The normalized spacial score (nSPS) is 11.9. The predicted octanol–water partition coefficient (Wildman–Crippen LogP) is 0.320. The lowest BCUT2D eigenvalue weighted by Gasteiger charge is -2.12. The van der Waals surface area contributed by atoms with Crippen LogP contribution in [0.1, 0.15) is 5.56 Å². The molecule has 1 atom stereocenters. The maximum absolute atomic E-state index is 11.2. The van der Waals surface area contributed by atoms with Gasteiger partial charge in [0.15, 0.2) is 0 Å². The molecule has 0 radical (unpaired) electrons. The van der Waals surface area contributed by atoms with Gasteiger partial charge in [-0.15, -0.1) is 0 Å². The Kier molecular flexibility index (Phi) is 4.13. The zero-order valence-corrected chi connectivity index (χ0v) is 9.40. The van der Waals surface area contributed by atoms with Crippen molar-refractivity contribution in [2.75, 3.05) is 20.0 Å². The number of nitrogens with two attached hydrogens (primary N) is 2. The monoisotopic (exact) mass is 224 g/mol. The highest BCUT2D eigenvalue weighted by molar-refractivity contribution is 5.76. The van der Waals surface area contributed by atoms with E-state index in [2.05, 4.69) is 4.74 Å². The molecule has 0 unspecified atom stereocenters. The number of benzene rings is 1. The summed E-state index contributed by atoms with van der Waals surface area (Å²) in [6, 6.07) is 4.53. The molecule has 0 amide bonds. The third-order valence-electron chi connectivity index (χ3n) is 2.25. The van der Waals surface area contributed by atoms with Crippen molar-refractivity contribution < 1.29 is 14.3 Å². The van der Waals surface area contributed by atoms with Crippen molar-refractivity contribution in [3.63, 3.8) is 0 Å².